The molecule has 2 amide bonds. The third kappa shape index (κ3) is 5.81. The summed E-state index contributed by atoms with van der Waals surface area (Å²) in [6.45, 7) is 1.17. The van der Waals surface area contributed by atoms with Crippen LogP contribution in [0.5, 0.6) is 0 Å². The van der Waals surface area contributed by atoms with Crippen LogP contribution in [0.4, 0.5) is 5.82 Å². The molecule has 0 atom stereocenters. The topological polar surface area (TPSA) is 74.3 Å². The molecule has 0 aliphatic heterocycles. The van der Waals surface area contributed by atoms with E-state index >= 15 is 0 Å². The number of likely N-dealkylation sites (N-methyl/N-ethyl adjacent to an activating group) is 1. The second-order valence-corrected chi connectivity index (χ2v) is 6.15. The molecular weight excluding hydrogens is 336 g/mol. The second kappa shape index (κ2) is 7.51. The zero-order valence-electron chi connectivity index (χ0n) is 11.9. The number of hydrogen-bond donors (Lipinski definition) is 2. The number of amides is 2. The molecule has 1 aliphatic carbocycles. The molecule has 0 saturated heterocycles. The average molecular weight is 355 g/mol. The number of nitrogens with one attached hydrogen (secondary N) is 2. The van der Waals surface area contributed by atoms with Gasteiger partial charge in [-0.2, -0.15) is 0 Å². The zero-order chi connectivity index (χ0) is 15.2. The molecular formula is C14H19BrN4O2. The van der Waals surface area contributed by atoms with Gasteiger partial charge in [0.25, 0.3) is 0 Å². The molecule has 6 nitrogen and oxygen atoms in total. The summed E-state index contributed by atoms with van der Waals surface area (Å²) in [5.41, 5.74) is 0. The maximum atomic E-state index is 11.8. The number of pyridine rings is 1. The van der Waals surface area contributed by atoms with Gasteiger partial charge in [0.2, 0.25) is 11.8 Å². The van der Waals surface area contributed by atoms with E-state index in [2.05, 4.69) is 31.5 Å². The van der Waals surface area contributed by atoms with Crippen molar-refractivity contribution in [3.63, 3.8) is 0 Å². The molecule has 21 heavy (non-hydrogen) atoms. The zero-order valence-corrected chi connectivity index (χ0v) is 13.5. The van der Waals surface area contributed by atoms with E-state index in [4.69, 9.17) is 0 Å². The summed E-state index contributed by atoms with van der Waals surface area (Å²) < 4.78 is 0.842. The Morgan fingerprint density at radius 3 is 2.81 bits per heavy atom. The van der Waals surface area contributed by atoms with Crippen LogP contribution < -0.4 is 10.6 Å². The van der Waals surface area contributed by atoms with E-state index in [-0.39, 0.29) is 24.9 Å². The lowest BCUT2D eigenvalue weighted by atomic mass is 10.4. The maximum Gasteiger partial charge on any atom is 0.245 e. The maximum absolute atomic E-state index is 11.8. The number of carbonyl (C=O) groups is 2. The molecule has 0 unspecified atom stereocenters. The van der Waals surface area contributed by atoms with Crippen LogP contribution in [0.25, 0.3) is 0 Å². The van der Waals surface area contributed by atoms with Crippen molar-refractivity contribution < 1.29 is 9.59 Å². The second-order valence-electron chi connectivity index (χ2n) is 5.23. The Bertz CT molecular complexity index is 502. The first-order valence-electron chi connectivity index (χ1n) is 6.90. The van der Waals surface area contributed by atoms with Gasteiger partial charge in [-0.1, -0.05) is 0 Å². The number of halogens is 1. The monoisotopic (exact) mass is 354 g/mol. The first-order valence-corrected chi connectivity index (χ1v) is 7.70. The lowest BCUT2D eigenvalue weighted by Crippen LogP contribution is -2.40. The van der Waals surface area contributed by atoms with Crippen LogP contribution in [0, 0.1) is 5.92 Å². The standard InChI is InChI=1S/C14H19BrN4O2/c1-19(14(21)8-16-6-10-2-3-10)9-13(20)18-12-5-4-11(15)7-17-12/h4-5,7,10,16H,2-3,6,8-9H2,1H3,(H,17,18,20). The van der Waals surface area contributed by atoms with Crippen molar-refractivity contribution in [3.8, 4) is 0 Å². The highest BCUT2D eigenvalue weighted by molar-refractivity contribution is 9.10. The van der Waals surface area contributed by atoms with Crippen molar-refractivity contribution in [3.05, 3.63) is 22.8 Å². The Balaban J connectivity index is 1.70. The Kier molecular flexibility index (Phi) is 5.69. The summed E-state index contributed by atoms with van der Waals surface area (Å²) in [6.07, 6.45) is 4.10. The van der Waals surface area contributed by atoms with Gasteiger partial charge in [-0.15, -0.1) is 0 Å². The Morgan fingerprint density at radius 1 is 1.43 bits per heavy atom. The predicted molar refractivity (Wildman–Crippen MR) is 83.8 cm³/mol. The van der Waals surface area contributed by atoms with Gasteiger partial charge in [0.15, 0.2) is 0 Å². The number of nitrogens with zero attached hydrogens (tertiary/aromatic N) is 2. The summed E-state index contributed by atoms with van der Waals surface area (Å²) >= 11 is 3.27. The van der Waals surface area contributed by atoms with Crippen LogP contribution in [0.15, 0.2) is 22.8 Å². The number of rotatable bonds is 7. The molecule has 1 heterocycles. The largest absolute Gasteiger partial charge is 0.335 e. The van der Waals surface area contributed by atoms with Crippen molar-refractivity contribution in [2.75, 3.05) is 32.0 Å². The Hall–Kier alpha value is -1.47. The minimum Gasteiger partial charge on any atom is -0.335 e. The molecule has 2 rings (SSSR count). The Morgan fingerprint density at radius 2 is 2.19 bits per heavy atom. The highest BCUT2D eigenvalue weighted by Gasteiger charge is 2.21. The van der Waals surface area contributed by atoms with Crippen LogP contribution in [-0.4, -0.2) is 48.4 Å². The van der Waals surface area contributed by atoms with Gasteiger partial charge >= 0.3 is 0 Å². The smallest absolute Gasteiger partial charge is 0.245 e. The van der Waals surface area contributed by atoms with Crippen LogP contribution >= 0.6 is 15.9 Å². The fraction of sp³-hybridized carbons (Fsp3) is 0.500. The minimum absolute atomic E-state index is 0.0156. The van der Waals surface area contributed by atoms with Gasteiger partial charge in [0.05, 0.1) is 13.1 Å². The van der Waals surface area contributed by atoms with E-state index in [0.717, 1.165) is 16.9 Å². The van der Waals surface area contributed by atoms with Crippen molar-refractivity contribution >= 4 is 33.6 Å². The van der Waals surface area contributed by atoms with Gasteiger partial charge < -0.3 is 15.5 Å². The fourth-order valence-corrected chi connectivity index (χ4v) is 2.01. The highest BCUT2D eigenvalue weighted by atomic mass is 79.9. The summed E-state index contributed by atoms with van der Waals surface area (Å²) in [7, 11) is 1.62. The number of aromatic nitrogens is 1. The lowest BCUT2D eigenvalue weighted by molar-refractivity contribution is -0.132. The van der Waals surface area contributed by atoms with E-state index in [9.17, 15) is 9.59 Å². The van der Waals surface area contributed by atoms with Crippen LogP contribution in [0.3, 0.4) is 0 Å². The lowest BCUT2D eigenvalue weighted by Gasteiger charge is -2.17. The van der Waals surface area contributed by atoms with Gasteiger partial charge in [0.1, 0.15) is 5.82 Å². The molecule has 1 aromatic heterocycles. The van der Waals surface area contributed by atoms with E-state index in [0.29, 0.717) is 5.82 Å². The number of carbonyl (C=O) groups excluding carboxylic acids is 2. The van der Waals surface area contributed by atoms with E-state index in [1.54, 1.807) is 25.4 Å². The molecule has 1 aromatic rings. The fourth-order valence-electron chi connectivity index (χ4n) is 1.78. The van der Waals surface area contributed by atoms with Gasteiger partial charge in [-0.05, 0) is 53.4 Å². The third-order valence-corrected chi connectivity index (χ3v) is 3.68. The van der Waals surface area contributed by atoms with E-state index < -0.39 is 0 Å². The van der Waals surface area contributed by atoms with Gasteiger partial charge in [-0.3, -0.25) is 9.59 Å². The van der Waals surface area contributed by atoms with E-state index in [1.165, 1.54) is 17.7 Å². The molecule has 1 fully saturated rings. The molecule has 114 valence electrons. The SMILES string of the molecule is CN(CC(=O)Nc1ccc(Br)cn1)C(=O)CNCC1CC1. The van der Waals surface area contributed by atoms with Gasteiger partial charge in [-0.25, -0.2) is 4.98 Å². The number of hydrogen-bond acceptors (Lipinski definition) is 4. The molecule has 1 saturated carbocycles. The highest BCUT2D eigenvalue weighted by Crippen LogP contribution is 2.27. The summed E-state index contributed by atoms with van der Waals surface area (Å²) in [5.74, 6) is 0.850. The summed E-state index contributed by atoms with van der Waals surface area (Å²) in [5, 5.41) is 5.77. The first-order chi connectivity index (χ1) is 10.0. The van der Waals surface area contributed by atoms with Gasteiger partial charge in [0, 0.05) is 17.7 Å². The van der Waals surface area contributed by atoms with Crippen LogP contribution in [0.1, 0.15) is 12.8 Å². The molecule has 7 heteroatoms. The molecule has 1 aliphatic rings. The predicted octanol–water partition coefficient (Wildman–Crippen LogP) is 1.24. The first kappa shape index (κ1) is 15.9. The molecule has 0 bridgehead atoms. The number of anilines is 1. The Labute approximate surface area is 132 Å². The van der Waals surface area contributed by atoms with Crippen molar-refractivity contribution in [2.24, 2.45) is 5.92 Å². The van der Waals surface area contributed by atoms with Crippen molar-refractivity contribution in [1.29, 1.82) is 0 Å². The normalized spacial score (nSPS) is 13.8. The third-order valence-electron chi connectivity index (χ3n) is 3.21. The molecule has 2 N–H and O–H groups in total. The molecule has 0 spiro atoms. The quantitative estimate of drug-likeness (QED) is 0.772. The average Bonchev–Trinajstić information content (AvgIpc) is 3.25. The summed E-state index contributed by atoms with van der Waals surface area (Å²) in [6, 6.07) is 3.49. The molecule has 0 radical (unpaired) electrons. The minimum atomic E-state index is -0.261. The van der Waals surface area contributed by atoms with Crippen LogP contribution in [-0.2, 0) is 9.59 Å². The van der Waals surface area contributed by atoms with E-state index in [1.807, 2.05) is 0 Å². The van der Waals surface area contributed by atoms with Crippen LogP contribution in [0.2, 0.25) is 0 Å². The van der Waals surface area contributed by atoms with Crippen molar-refractivity contribution in [2.45, 2.75) is 12.8 Å². The molecule has 0 aromatic carbocycles. The van der Waals surface area contributed by atoms with Crippen molar-refractivity contribution in [1.82, 2.24) is 15.2 Å². The summed E-state index contributed by atoms with van der Waals surface area (Å²) in [4.78, 5) is 29.1.